The van der Waals surface area contributed by atoms with Gasteiger partial charge in [0.1, 0.15) is 6.29 Å². The second-order valence-corrected chi connectivity index (χ2v) is 28.7. The van der Waals surface area contributed by atoms with Gasteiger partial charge >= 0.3 is 190 Å². The Morgan fingerprint density at radius 1 is 0.603 bits per heavy atom. The van der Waals surface area contributed by atoms with Gasteiger partial charge in [-0.1, -0.05) is 58.4 Å². The molecule has 370 valence electrons. The molecule has 2 fully saturated rings. The van der Waals surface area contributed by atoms with Gasteiger partial charge in [-0.15, -0.1) is 6.58 Å². The minimum absolute atomic E-state index is 0. The van der Waals surface area contributed by atoms with Crippen LogP contribution in [0.3, 0.4) is 0 Å². The first-order chi connectivity index (χ1) is 32.4. The van der Waals surface area contributed by atoms with E-state index in [1.54, 1.807) is 13.0 Å². The Labute approximate surface area is 420 Å². The van der Waals surface area contributed by atoms with Crippen molar-refractivity contribution in [3.63, 3.8) is 0 Å². The van der Waals surface area contributed by atoms with E-state index in [1.807, 2.05) is 6.92 Å². The topological polar surface area (TPSA) is 26.3 Å². The molecule has 0 radical (unpaired) electrons. The molecule has 0 spiro atoms. The third-order valence-corrected chi connectivity index (χ3v) is 25.1. The smallest absolute Gasteiger partial charge is 0.200 e. The van der Waals surface area contributed by atoms with E-state index >= 15 is 0 Å². The van der Waals surface area contributed by atoms with Crippen molar-refractivity contribution in [2.24, 2.45) is 23.7 Å². The number of rotatable bonds is 16. The van der Waals surface area contributed by atoms with Gasteiger partial charge in [-0.2, -0.15) is 4.39 Å². The molecule has 8 heteroatoms. The van der Waals surface area contributed by atoms with Gasteiger partial charge in [0.15, 0.2) is 23.2 Å². The Morgan fingerprint density at radius 3 is 1.47 bits per heavy atom. The summed E-state index contributed by atoms with van der Waals surface area (Å²) in [6, 6.07) is 40.1. The predicted octanol–water partition coefficient (Wildman–Crippen LogP) is 17.0. The van der Waals surface area contributed by atoms with Crippen molar-refractivity contribution >= 4 is 48.5 Å². The quantitative estimate of drug-likeness (QED) is 0.0324. The summed E-state index contributed by atoms with van der Waals surface area (Å²) < 4.78 is 55.2. The van der Waals surface area contributed by atoms with E-state index in [0.29, 0.717) is 30.8 Å². The molecule has 2 saturated carbocycles. The summed E-state index contributed by atoms with van der Waals surface area (Å²) in [5.41, 5.74) is 0.973. The van der Waals surface area contributed by atoms with E-state index < -0.39 is 27.5 Å². The minimum atomic E-state index is -2.62. The maximum Gasteiger partial charge on any atom is 0.200 e. The van der Waals surface area contributed by atoms with Crippen LogP contribution in [0.15, 0.2) is 141 Å². The van der Waals surface area contributed by atoms with Crippen LogP contribution in [0.5, 0.6) is 5.75 Å². The summed E-state index contributed by atoms with van der Waals surface area (Å²) in [4.78, 5) is 10.0. The molecule has 0 heterocycles. The molecule has 2 nitrogen and oxygen atoms in total. The SMILES string of the molecule is C.C=CC1CCC(CC)CC1.C=CC1CCC(CP(I)(c2ccccc2)(c2ccccc2)c2ccccc2)CC1.CCCCc1ccc(OCC)c(F)c1F.Cc1ccc(CCC=O)c(F)c1F. The largest absolute Gasteiger partial charge is 0.491 e. The van der Waals surface area contributed by atoms with Crippen LogP contribution in [0, 0.1) is 53.9 Å². The molecule has 0 aliphatic heterocycles. The molecule has 0 atom stereocenters. The van der Waals surface area contributed by atoms with E-state index in [9.17, 15) is 22.4 Å². The van der Waals surface area contributed by atoms with Crippen LogP contribution < -0.4 is 20.7 Å². The van der Waals surface area contributed by atoms with Crippen LogP contribution in [0.25, 0.3) is 0 Å². The van der Waals surface area contributed by atoms with Gasteiger partial charge in [0.2, 0.25) is 5.82 Å². The first kappa shape index (κ1) is 58.2. The Balaban J connectivity index is 0.000000265. The molecule has 68 heavy (non-hydrogen) atoms. The summed E-state index contributed by atoms with van der Waals surface area (Å²) in [6.07, 6.45) is 21.4. The molecule has 0 unspecified atom stereocenters. The molecule has 0 N–H and O–H groups in total. The van der Waals surface area contributed by atoms with Crippen LogP contribution >= 0.6 is 26.3 Å². The molecular formula is C60H78F4IO2P. The molecule has 2 aliphatic carbocycles. The van der Waals surface area contributed by atoms with Crippen molar-refractivity contribution in [1.29, 1.82) is 0 Å². The van der Waals surface area contributed by atoms with Crippen LogP contribution in [-0.2, 0) is 17.6 Å². The van der Waals surface area contributed by atoms with Crippen molar-refractivity contribution in [1.82, 2.24) is 0 Å². The van der Waals surface area contributed by atoms with Crippen molar-refractivity contribution in [2.75, 3.05) is 12.8 Å². The van der Waals surface area contributed by atoms with Gasteiger partial charge < -0.3 is 9.53 Å². The molecule has 0 aromatic heterocycles. The molecule has 0 bridgehead atoms. The number of aldehydes is 1. The van der Waals surface area contributed by atoms with E-state index in [4.69, 9.17) is 4.74 Å². The normalized spacial score (nSPS) is 18.2. The fourth-order valence-corrected chi connectivity index (χ4v) is 19.2. The fraction of sp³-hybridized carbons (Fsp3) is 0.417. The zero-order chi connectivity index (χ0) is 48.7. The van der Waals surface area contributed by atoms with E-state index in [-0.39, 0.29) is 37.1 Å². The van der Waals surface area contributed by atoms with Crippen LogP contribution in [-0.4, -0.2) is 19.1 Å². The molecule has 5 aromatic rings. The van der Waals surface area contributed by atoms with Crippen molar-refractivity contribution < 1.29 is 27.1 Å². The average Bonchev–Trinajstić information content (AvgIpc) is 3.38. The molecule has 0 saturated heterocycles. The maximum atomic E-state index is 13.5. The summed E-state index contributed by atoms with van der Waals surface area (Å²) in [7, 11) is 0. The number of allylic oxidation sites excluding steroid dienone is 2. The Bertz CT molecular complexity index is 2140. The summed E-state index contributed by atoms with van der Waals surface area (Å²) in [5.74, 6) is 0.0254. The van der Waals surface area contributed by atoms with Gasteiger partial charge in [-0.05, 0) is 93.4 Å². The van der Waals surface area contributed by atoms with Gasteiger partial charge in [0, 0.05) is 6.42 Å². The Kier molecular flexibility index (Phi) is 25.6. The van der Waals surface area contributed by atoms with Crippen LogP contribution in [0.1, 0.15) is 122 Å². The zero-order valence-corrected chi connectivity index (χ0v) is 43.4. The number of hydrogen-bond acceptors (Lipinski definition) is 2. The van der Waals surface area contributed by atoms with Gasteiger partial charge in [0.25, 0.3) is 0 Å². The summed E-state index contributed by atoms with van der Waals surface area (Å²) >= 11 is 2.93. The number of unbranched alkanes of at least 4 members (excludes halogenated alkanes) is 1. The van der Waals surface area contributed by atoms with E-state index in [0.717, 1.165) is 30.6 Å². The first-order valence-corrected chi connectivity index (χ1v) is 29.7. The third-order valence-electron chi connectivity index (χ3n) is 13.6. The van der Waals surface area contributed by atoms with E-state index in [1.165, 1.54) is 105 Å². The number of carbonyl (C=O) groups excluding carboxylic acids is 1. The standard InChI is InChI=1S/C27H30IP.C12H16F2O.C10H10F2O.C10H18.CH4/c1-2-23-18-20-24(21-19-23)22-29(28,25-12-6-3-7-13-25,26-14-8-4-9-15-26)27-16-10-5-11-17-27;1-3-5-6-9-7-8-10(15-4-2)12(14)11(9)13;1-7-4-5-8(3-2-6-13)10(12)9(7)11;1-3-9-5-7-10(4-2)8-6-9;/h2-17,23-24H,1,18-22H2;7-8H,3-6H2,1-2H3;4-6H,2-3H2,1H3;3,9-10H,1,4-8H2,2H3;1H4. The van der Waals surface area contributed by atoms with Gasteiger partial charge in [-0.25, -0.2) is 13.2 Å². The molecule has 2 aliphatic rings. The number of benzene rings is 5. The predicted molar refractivity (Wildman–Crippen MR) is 294 cm³/mol. The van der Waals surface area contributed by atoms with Crippen LogP contribution in [0.2, 0.25) is 0 Å². The third kappa shape index (κ3) is 15.7. The number of ether oxygens (including phenoxy) is 1. The fourth-order valence-electron chi connectivity index (χ4n) is 9.40. The Morgan fingerprint density at radius 2 is 1.04 bits per heavy atom. The maximum absolute atomic E-state index is 13.5. The van der Waals surface area contributed by atoms with Crippen molar-refractivity contribution in [3.05, 3.63) is 181 Å². The second-order valence-electron chi connectivity index (χ2n) is 18.1. The van der Waals surface area contributed by atoms with Crippen LogP contribution in [0.4, 0.5) is 17.6 Å². The first-order valence-electron chi connectivity index (χ1n) is 24.5. The van der Waals surface area contributed by atoms with Gasteiger partial charge in [-0.3, -0.25) is 0 Å². The van der Waals surface area contributed by atoms with Gasteiger partial charge in [0.05, 0.1) is 6.61 Å². The van der Waals surface area contributed by atoms with E-state index in [2.05, 4.69) is 145 Å². The number of aryl methyl sites for hydroxylation is 3. The molecule has 7 rings (SSSR count). The zero-order valence-electron chi connectivity index (χ0n) is 40.4. The summed E-state index contributed by atoms with van der Waals surface area (Å²) in [6.45, 7) is 15.8. The number of carbonyl (C=O) groups is 1. The molecule has 5 aromatic carbocycles. The number of hydrogen-bond donors (Lipinski definition) is 0. The summed E-state index contributed by atoms with van der Waals surface area (Å²) in [5, 5.41) is 4.51. The monoisotopic (exact) mass is 1060 g/mol. The van der Waals surface area contributed by atoms with Crippen molar-refractivity contribution in [3.8, 4) is 5.75 Å². The second kappa shape index (κ2) is 29.8. The Hall–Kier alpha value is -4.07. The number of halogens is 5. The average molecular weight is 1070 g/mol. The molecular weight excluding hydrogens is 987 g/mol. The molecule has 0 amide bonds. The minimum Gasteiger partial charge on any atom is -0.491 e. The van der Waals surface area contributed by atoms with Crippen molar-refractivity contribution in [2.45, 2.75) is 125 Å².